The van der Waals surface area contributed by atoms with Crippen LogP contribution in [0.1, 0.15) is 10.4 Å². The van der Waals surface area contributed by atoms with Crippen LogP contribution in [-0.2, 0) is 28.6 Å². The zero-order chi connectivity index (χ0) is 23.8. The van der Waals surface area contributed by atoms with Crippen molar-refractivity contribution in [2.75, 3.05) is 43.7 Å². The summed E-state index contributed by atoms with van der Waals surface area (Å²) in [7, 11) is -7.24. The number of nitrogens with zero attached hydrogens (tertiary/aromatic N) is 3. The van der Waals surface area contributed by atoms with Crippen LogP contribution in [0.4, 0.5) is 17.1 Å². The summed E-state index contributed by atoms with van der Waals surface area (Å²) in [4.78, 5) is 12.9. The van der Waals surface area contributed by atoms with Crippen LogP contribution in [0.3, 0.4) is 0 Å². The van der Waals surface area contributed by atoms with Gasteiger partial charge < -0.3 is 10.0 Å². The van der Waals surface area contributed by atoms with Crippen LogP contribution in [0.15, 0.2) is 58.8 Å². The molecule has 0 aromatic heterocycles. The van der Waals surface area contributed by atoms with Crippen LogP contribution < -0.4 is 4.90 Å². The highest BCUT2D eigenvalue weighted by Gasteiger charge is 2.12. The lowest BCUT2D eigenvalue weighted by Crippen LogP contribution is -2.32. The fourth-order valence-corrected chi connectivity index (χ4v) is 3.31. The minimum absolute atomic E-state index is 0.0239. The minimum Gasteiger partial charge on any atom is -0.478 e. The summed E-state index contributed by atoms with van der Waals surface area (Å²) in [6.07, 6.45) is 1.87. The molecule has 2 aromatic carbocycles. The molecule has 0 amide bonds. The van der Waals surface area contributed by atoms with Crippen LogP contribution in [-0.4, -0.2) is 66.7 Å². The molecule has 0 aliphatic heterocycles. The van der Waals surface area contributed by atoms with E-state index in [4.69, 9.17) is 8.37 Å². The van der Waals surface area contributed by atoms with Crippen molar-refractivity contribution in [1.29, 1.82) is 0 Å². The maximum atomic E-state index is 11.2. The number of anilines is 1. The second kappa shape index (κ2) is 11.1. The van der Waals surface area contributed by atoms with E-state index in [0.29, 0.717) is 11.4 Å². The number of carboxylic acids is 1. The number of benzene rings is 2. The lowest BCUT2D eigenvalue weighted by molar-refractivity contribution is 0.0697. The van der Waals surface area contributed by atoms with Gasteiger partial charge in [-0.1, -0.05) is 12.1 Å². The SMILES string of the molecule is CS(=O)(=O)OCCN(CCOS(C)(=O)=O)c1ccc(N=Nc2ccccc2C(=O)O)cc1. The molecular weight excluding hydrogens is 462 g/mol. The molecular formula is C19H23N3O8S2. The van der Waals surface area contributed by atoms with Gasteiger partial charge >= 0.3 is 5.97 Å². The second-order valence-corrected chi connectivity index (χ2v) is 9.87. The van der Waals surface area contributed by atoms with Gasteiger partial charge in [0.05, 0.1) is 37.0 Å². The van der Waals surface area contributed by atoms with Gasteiger partial charge in [-0.2, -0.15) is 21.9 Å². The molecule has 2 aromatic rings. The Morgan fingerprint density at radius 3 is 1.91 bits per heavy atom. The first-order chi connectivity index (χ1) is 14.9. The van der Waals surface area contributed by atoms with Gasteiger partial charge in [-0.3, -0.25) is 8.37 Å². The van der Waals surface area contributed by atoms with E-state index in [0.717, 1.165) is 12.5 Å². The zero-order valence-corrected chi connectivity index (χ0v) is 19.0. The number of carboxylic acid groups (broad SMARTS) is 1. The Morgan fingerprint density at radius 2 is 1.41 bits per heavy atom. The lowest BCUT2D eigenvalue weighted by atomic mass is 10.2. The fraction of sp³-hybridized carbons (Fsp3) is 0.316. The van der Waals surface area contributed by atoms with Crippen molar-refractivity contribution in [3.63, 3.8) is 0 Å². The van der Waals surface area contributed by atoms with Crippen molar-refractivity contribution in [2.24, 2.45) is 10.2 Å². The normalized spacial score (nSPS) is 12.2. The van der Waals surface area contributed by atoms with Gasteiger partial charge in [0.1, 0.15) is 5.69 Å². The summed E-state index contributed by atoms with van der Waals surface area (Å²) in [6.45, 7) is 0.0520. The predicted molar refractivity (Wildman–Crippen MR) is 118 cm³/mol. The monoisotopic (exact) mass is 485 g/mol. The van der Waals surface area contributed by atoms with E-state index >= 15 is 0 Å². The van der Waals surface area contributed by atoms with Crippen molar-refractivity contribution >= 4 is 43.3 Å². The van der Waals surface area contributed by atoms with E-state index in [9.17, 15) is 26.7 Å². The molecule has 0 aliphatic rings. The van der Waals surface area contributed by atoms with Crippen molar-refractivity contribution in [3.05, 3.63) is 54.1 Å². The summed E-state index contributed by atoms with van der Waals surface area (Å²) in [6, 6.07) is 12.8. The molecule has 0 radical (unpaired) electrons. The summed E-state index contributed by atoms with van der Waals surface area (Å²) in [5, 5.41) is 17.2. The molecule has 2 rings (SSSR count). The highest BCUT2D eigenvalue weighted by atomic mass is 32.2. The average molecular weight is 486 g/mol. The van der Waals surface area contributed by atoms with Crippen molar-refractivity contribution < 1.29 is 35.1 Å². The third kappa shape index (κ3) is 9.09. The van der Waals surface area contributed by atoms with Crippen molar-refractivity contribution in [3.8, 4) is 0 Å². The van der Waals surface area contributed by atoms with E-state index < -0.39 is 26.2 Å². The predicted octanol–water partition coefficient (Wildman–Crippen LogP) is 2.56. The molecule has 13 heteroatoms. The first-order valence-electron chi connectivity index (χ1n) is 9.22. The molecule has 0 saturated carbocycles. The minimum atomic E-state index is -3.62. The Labute approximate surface area is 186 Å². The van der Waals surface area contributed by atoms with Gasteiger partial charge in [0.2, 0.25) is 0 Å². The summed E-state index contributed by atoms with van der Waals surface area (Å²) in [5.41, 5.74) is 1.33. The Hall–Kier alpha value is -2.87. The third-order valence-corrected chi connectivity index (χ3v) is 5.13. The fourth-order valence-electron chi connectivity index (χ4n) is 2.55. The maximum Gasteiger partial charge on any atom is 0.337 e. The number of hydrogen-bond donors (Lipinski definition) is 1. The molecule has 0 fully saturated rings. The molecule has 32 heavy (non-hydrogen) atoms. The largest absolute Gasteiger partial charge is 0.478 e. The van der Waals surface area contributed by atoms with E-state index in [1.807, 2.05) is 0 Å². The van der Waals surface area contributed by atoms with Crippen LogP contribution in [0.2, 0.25) is 0 Å². The number of aromatic carboxylic acids is 1. The average Bonchev–Trinajstić information content (AvgIpc) is 2.70. The Balaban J connectivity index is 2.13. The summed E-state index contributed by atoms with van der Waals surface area (Å²) in [5.74, 6) is -1.11. The molecule has 0 saturated heterocycles. The molecule has 0 bridgehead atoms. The molecule has 174 valence electrons. The first-order valence-corrected chi connectivity index (χ1v) is 12.9. The molecule has 0 aliphatic carbocycles. The highest BCUT2D eigenvalue weighted by molar-refractivity contribution is 7.86. The molecule has 0 unspecified atom stereocenters. The van der Waals surface area contributed by atoms with Gasteiger partial charge in [-0.05, 0) is 36.4 Å². The van der Waals surface area contributed by atoms with Crippen molar-refractivity contribution in [2.45, 2.75) is 0 Å². The highest BCUT2D eigenvalue weighted by Crippen LogP contribution is 2.24. The zero-order valence-electron chi connectivity index (χ0n) is 17.4. The molecule has 1 N–H and O–H groups in total. The summed E-state index contributed by atoms with van der Waals surface area (Å²) < 4.78 is 54.3. The van der Waals surface area contributed by atoms with Crippen LogP contribution >= 0.6 is 0 Å². The van der Waals surface area contributed by atoms with Crippen molar-refractivity contribution in [1.82, 2.24) is 0 Å². The van der Waals surface area contributed by atoms with Gasteiger partial charge in [-0.25, -0.2) is 4.79 Å². The van der Waals surface area contributed by atoms with Crippen LogP contribution in [0.5, 0.6) is 0 Å². The third-order valence-electron chi connectivity index (χ3n) is 3.94. The quantitative estimate of drug-likeness (QED) is 0.353. The lowest BCUT2D eigenvalue weighted by Gasteiger charge is -2.24. The van der Waals surface area contributed by atoms with Gasteiger partial charge in [0.15, 0.2) is 0 Å². The number of hydrogen-bond acceptors (Lipinski definition) is 10. The maximum absolute atomic E-state index is 11.2. The Kier molecular flexibility index (Phi) is 8.83. The van der Waals surface area contributed by atoms with Gasteiger partial charge in [-0.15, -0.1) is 5.11 Å². The standard InChI is InChI=1S/C19H23N3O8S2/c1-31(25,26)29-13-11-22(12-14-30-32(2,27)28)16-9-7-15(8-10-16)20-21-18-6-4-3-5-17(18)19(23)24/h3-10H,11-14H2,1-2H3,(H,23,24). The first kappa shape index (κ1) is 25.4. The van der Waals surface area contributed by atoms with Crippen LogP contribution in [0, 0.1) is 0 Å². The van der Waals surface area contributed by atoms with E-state index in [2.05, 4.69) is 10.2 Å². The number of carbonyl (C=O) groups is 1. The van der Waals surface area contributed by atoms with E-state index in [1.54, 1.807) is 41.3 Å². The number of azo groups is 1. The second-order valence-electron chi connectivity index (χ2n) is 6.58. The van der Waals surface area contributed by atoms with Gasteiger partial charge in [0, 0.05) is 18.8 Å². The Bertz CT molecular complexity index is 1130. The molecule has 0 atom stereocenters. The molecule has 11 nitrogen and oxygen atoms in total. The number of rotatable bonds is 12. The van der Waals surface area contributed by atoms with Crippen LogP contribution in [0.25, 0.3) is 0 Å². The molecule has 0 heterocycles. The van der Waals surface area contributed by atoms with E-state index in [1.165, 1.54) is 12.1 Å². The van der Waals surface area contributed by atoms with E-state index in [-0.39, 0.29) is 37.6 Å². The van der Waals surface area contributed by atoms with Gasteiger partial charge in [0.25, 0.3) is 20.2 Å². The Morgan fingerprint density at radius 1 is 0.875 bits per heavy atom. The molecule has 0 spiro atoms. The topological polar surface area (TPSA) is 152 Å². The smallest absolute Gasteiger partial charge is 0.337 e. The summed E-state index contributed by atoms with van der Waals surface area (Å²) >= 11 is 0.